The Morgan fingerprint density at radius 1 is 1.29 bits per heavy atom. The largest absolute Gasteiger partial charge is 0.395 e. The highest BCUT2D eigenvalue weighted by Crippen LogP contribution is 2.24. The molecule has 1 atom stereocenters. The summed E-state index contributed by atoms with van der Waals surface area (Å²) in [4.78, 5) is 2.35. The normalized spacial score (nSPS) is 18.1. The van der Waals surface area contributed by atoms with E-state index in [-0.39, 0.29) is 6.61 Å². The molecule has 1 heterocycles. The van der Waals surface area contributed by atoms with Crippen LogP contribution in [0, 0.1) is 0 Å². The van der Waals surface area contributed by atoms with Gasteiger partial charge in [0.15, 0.2) is 0 Å². The molecule has 1 unspecified atom stereocenters. The molecule has 2 heteroatoms. The maximum atomic E-state index is 9.22. The van der Waals surface area contributed by atoms with Gasteiger partial charge in [0.1, 0.15) is 0 Å². The number of hydrogen-bond donors (Lipinski definition) is 1. The molecule has 0 spiro atoms. The lowest BCUT2D eigenvalue weighted by atomic mass is 10.1. The van der Waals surface area contributed by atoms with Crippen LogP contribution in [0.1, 0.15) is 24.5 Å². The zero-order valence-electron chi connectivity index (χ0n) is 8.61. The maximum Gasteiger partial charge on any atom is 0.0587 e. The topological polar surface area (TPSA) is 23.5 Å². The van der Waals surface area contributed by atoms with Crippen molar-refractivity contribution in [2.75, 3.05) is 6.61 Å². The second-order valence-corrected chi connectivity index (χ2v) is 3.92. The lowest BCUT2D eigenvalue weighted by molar-refractivity contribution is 0.118. The van der Waals surface area contributed by atoms with Gasteiger partial charge in [-0.05, 0) is 17.5 Å². The van der Waals surface area contributed by atoms with Gasteiger partial charge in [0.05, 0.1) is 6.61 Å². The van der Waals surface area contributed by atoms with Crippen LogP contribution in [-0.2, 0) is 13.1 Å². The van der Waals surface area contributed by atoms with Gasteiger partial charge < -0.3 is 5.11 Å². The van der Waals surface area contributed by atoms with Crippen LogP contribution in [-0.4, -0.2) is 22.7 Å². The van der Waals surface area contributed by atoms with Crippen molar-refractivity contribution in [3.05, 3.63) is 35.4 Å². The highest BCUT2D eigenvalue weighted by molar-refractivity contribution is 5.30. The minimum absolute atomic E-state index is 0.268. The molecular formula is C12H17NO. The van der Waals surface area contributed by atoms with Crippen LogP contribution in [0.4, 0.5) is 0 Å². The lowest BCUT2D eigenvalue weighted by Crippen LogP contribution is -2.33. The van der Waals surface area contributed by atoms with Gasteiger partial charge in [-0.15, -0.1) is 0 Å². The van der Waals surface area contributed by atoms with Crippen molar-refractivity contribution in [3.8, 4) is 0 Å². The predicted octanol–water partition coefficient (Wildman–Crippen LogP) is 1.77. The molecule has 0 bridgehead atoms. The average Bonchev–Trinajstić information content (AvgIpc) is 2.63. The van der Waals surface area contributed by atoms with E-state index in [1.165, 1.54) is 11.1 Å². The smallest absolute Gasteiger partial charge is 0.0587 e. The Hall–Kier alpha value is -0.860. The van der Waals surface area contributed by atoms with Crippen LogP contribution >= 0.6 is 0 Å². The minimum Gasteiger partial charge on any atom is -0.395 e. The first-order chi connectivity index (χ1) is 6.85. The van der Waals surface area contributed by atoms with E-state index in [1.54, 1.807) is 0 Å². The Morgan fingerprint density at radius 3 is 2.29 bits per heavy atom. The van der Waals surface area contributed by atoms with E-state index in [2.05, 4.69) is 36.1 Å². The molecule has 2 rings (SSSR count). The number of nitrogens with zero attached hydrogens (tertiary/aromatic N) is 1. The number of benzene rings is 1. The molecule has 14 heavy (non-hydrogen) atoms. The van der Waals surface area contributed by atoms with Gasteiger partial charge in [-0.2, -0.15) is 0 Å². The second kappa shape index (κ2) is 4.11. The Bertz CT molecular complexity index is 282. The van der Waals surface area contributed by atoms with Gasteiger partial charge in [-0.3, -0.25) is 4.90 Å². The molecule has 1 N–H and O–H groups in total. The van der Waals surface area contributed by atoms with Gasteiger partial charge in [-0.1, -0.05) is 31.2 Å². The summed E-state index contributed by atoms with van der Waals surface area (Å²) in [6, 6.07) is 8.85. The summed E-state index contributed by atoms with van der Waals surface area (Å²) in [5.41, 5.74) is 2.83. The molecule has 0 fully saturated rings. The zero-order chi connectivity index (χ0) is 9.97. The standard InChI is InChI=1S/C12H17NO/c1-2-12(9-14)13-7-10-5-3-4-6-11(10)8-13/h3-6,12,14H,2,7-9H2,1H3. The first kappa shape index (κ1) is 9.69. The maximum absolute atomic E-state index is 9.22. The molecular weight excluding hydrogens is 174 g/mol. The van der Waals surface area contributed by atoms with Crippen molar-refractivity contribution in [2.45, 2.75) is 32.5 Å². The molecule has 0 aliphatic carbocycles. The number of aliphatic hydroxyl groups is 1. The lowest BCUT2D eigenvalue weighted by Gasteiger charge is -2.24. The van der Waals surface area contributed by atoms with Gasteiger partial charge in [0.25, 0.3) is 0 Å². The average molecular weight is 191 g/mol. The number of rotatable bonds is 3. The molecule has 1 aromatic carbocycles. The van der Waals surface area contributed by atoms with Crippen molar-refractivity contribution in [1.82, 2.24) is 4.90 Å². The quantitative estimate of drug-likeness (QED) is 0.787. The van der Waals surface area contributed by atoms with E-state index in [0.717, 1.165) is 19.5 Å². The summed E-state index contributed by atoms with van der Waals surface area (Å²) in [5, 5.41) is 9.22. The number of hydrogen-bond acceptors (Lipinski definition) is 2. The van der Waals surface area contributed by atoms with Crippen LogP contribution in [0.25, 0.3) is 0 Å². The molecule has 1 aliphatic heterocycles. The highest BCUT2D eigenvalue weighted by atomic mass is 16.3. The van der Waals surface area contributed by atoms with Gasteiger partial charge in [0, 0.05) is 19.1 Å². The van der Waals surface area contributed by atoms with Crippen molar-refractivity contribution in [2.24, 2.45) is 0 Å². The fraction of sp³-hybridized carbons (Fsp3) is 0.500. The van der Waals surface area contributed by atoms with Gasteiger partial charge in [-0.25, -0.2) is 0 Å². The van der Waals surface area contributed by atoms with Gasteiger partial charge in [0.2, 0.25) is 0 Å². The molecule has 0 radical (unpaired) electrons. The Morgan fingerprint density at radius 2 is 1.86 bits per heavy atom. The van der Waals surface area contributed by atoms with E-state index in [4.69, 9.17) is 0 Å². The fourth-order valence-electron chi connectivity index (χ4n) is 2.12. The van der Waals surface area contributed by atoms with Crippen LogP contribution in [0.2, 0.25) is 0 Å². The molecule has 0 amide bonds. The Balaban J connectivity index is 2.11. The number of aliphatic hydroxyl groups excluding tert-OH is 1. The fourth-order valence-corrected chi connectivity index (χ4v) is 2.12. The van der Waals surface area contributed by atoms with E-state index in [0.29, 0.717) is 6.04 Å². The molecule has 76 valence electrons. The third-order valence-corrected chi connectivity index (χ3v) is 3.06. The van der Waals surface area contributed by atoms with Crippen molar-refractivity contribution in [3.63, 3.8) is 0 Å². The number of fused-ring (bicyclic) bond motifs is 1. The van der Waals surface area contributed by atoms with E-state index in [9.17, 15) is 5.11 Å². The summed E-state index contributed by atoms with van der Waals surface area (Å²) in [5.74, 6) is 0. The Labute approximate surface area is 85.2 Å². The summed E-state index contributed by atoms with van der Waals surface area (Å²) < 4.78 is 0. The third kappa shape index (κ3) is 1.68. The summed E-state index contributed by atoms with van der Waals surface area (Å²) in [6.45, 7) is 4.39. The molecule has 1 aliphatic rings. The van der Waals surface area contributed by atoms with E-state index in [1.807, 2.05) is 0 Å². The second-order valence-electron chi connectivity index (χ2n) is 3.92. The van der Waals surface area contributed by atoms with Crippen molar-refractivity contribution >= 4 is 0 Å². The van der Waals surface area contributed by atoms with Gasteiger partial charge >= 0.3 is 0 Å². The van der Waals surface area contributed by atoms with Crippen LogP contribution in [0.15, 0.2) is 24.3 Å². The minimum atomic E-state index is 0.268. The van der Waals surface area contributed by atoms with E-state index >= 15 is 0 Å². The third-order valence-electron chi connectivity index (χ3n) is 3.06. The highest BCUT2D eigenvalue weighted by Gasteiger charge is 2.23. The van der Waals surface area contributed by atoms with Crippen molar-refractivity contribution < 1.29 is 5.11 Å². The SMILES string of the molecule is CCC(CO)N1Cc2ccccc2C1. The van der Waals surface area contributed by atoms with Crippen LogP contribution < -0.4 is 0 Å². The monoisotopic (exact) mass is 191 g/mol. The first-order valence-electron chi connectivity index (χ1n) is 5.26. The summed E-state index contributed by atoms with van der Waals surface area (Å²) in [7, 11) is 0. The van der Waals surface area contributed by atoms with E-state index < -0.39 is 0 Å². The predicted molar refractivity (Wildman–Crippen MR) is 56.9 cm³/mol. The van der Waals surface area contributed by atoms with Crippen LogP contribution in [0.5, 0.6) is 0 Å². The summed E-state index contributed by atoms with van der Waals surface area (Å²) in [6.07, 6.45) is 1.02. The van der Waals surface area contributed by atoms with Crippen molar-refractivity contribution in [1.29, 1.82) is 0 Å². The molecule has 0 aromatic heterocycles. The Kier molecular flexibility index (Phi) is 2.85. The molecule has 0 saturated heterocycles. The molecule has 1 aromatic rings. The van der Waals surface area contributed by atoms with Crippen LogP contribution in [0.3, 0.4) is 0 Å². The molecule has 2 nitrogen and oxygen atoms in total. The zero-order valence-corrected chi connectivity index (χ0v) is 8.61. The summed E-state index contributed by atoms with van der Waals surface area (Å²) >= 11 is 0. The molecule has 0 saturated carbocycles. The first-order valence-corrected chi connectivity index (χ1v) is 5.26.